The van der Waals surface area contributed by atoms with Crippen LogP contribution in [0.5, 0.6) is 0 Å². The molecule has 0 aromatic carbocycles. The van der Waals surface area contributed by atoms with Gasteiger partial charge in [-0.05, 0) is 0 Å². The normalized spacial score (nSPS) is 9.42. The summed E-state index contributed by atoms with van der Waals surface area (Å²) in [4.78, 5) is 76.2. The Kier molecular flexibility index (Phi) is 8.02. The van der Waals surface area contributed by atoms with Crippen molar-refractivity contribution in [1.82, 2.24) is 29.9 Å². The number of imidazole rings is 1. The van der Waals surface area contributed by atoms with Crippen molar-refractivity contribution in [1.29, 1.82) is 0 Å². The first-order chi connectivity index (χ1) is 14.4. The van der Waals surface area contributed by atoms with Crippen LogP contribution in [-0.2, 0) is 0 Å². The molecule has 164 valence electrons. The van der Waals surface area contributed by atoms with Crippen molar-refractivity contribution in [2.75, 3.05) is 5.73 Å². The summed E-state index contributed by atoms with van der Waals surface area (Å²) < 4.78 is 0. The number of aromatic amines is 5. The number of carbonyl (C=O) groups is 2. The average molecular weight is 436 g/mol. The van der Waals surface area contributed by atoms with Gasteiger partial charge in [-0.2, -0.15) is 0 Å². The number of nitrogens with zero attached hydrogens (tertiary/aromatic N) is 1. The van der Waals surface area contributed by atoms with Gasteiger partial charge in [-0.3, -0.25) is 19.6 Å². The third kappa shape index (κ3) is 7.78. The molecule has 0 atom stereocenters. The second-order valence-corrected chi connectivity index (χ2v) is 5.30. The summed E-state index contributed by atoms with van der Waals surface area (Å²) in [6, 6.07) is 1.59. The molecule has 3 aromatic heterocycles. The van der Waals surface area contributed by atoms with Gasteiger partial charge in [-0.25, -0.2) is 24.2 Å². The molecule has 16 nitrogen and oxygen atoms in total. The number of H-pyrrole nitrogens is 5. The summed E-state index contributed by atoms with van der Waals surface area (Å²) in [5, 5.41) is 16.6. The van der Waals surface area contributed by atoms with Crippen LogP contribution in [0.15, 0.2) is 44.2 Å². The molecular weight excluding hydrogens is 420 g/mol. The number of aromatic carboxylic acids is 2. The number of nitrogen functional groups attached to an aromatic ring is 1. The van der Waals surface area contributed by atoms with Crippen molar-refractivity contribution in [3.05, 3.63) is 83.8 Å². The van der Waals surface area contributed by atoms with Gasteiger partial charge >= 0.3 is 23.3 Å². The average Bonchev–Trinajstić information content (AvgIpc) is 3.07. The minimum Gasteiger partial charge on any atom is -0.477 e. The van der Waals surface area contributed by atoms with Gasteiger partial charge in [0.2, 0.25) is 0 Å². The third-order valence-electron chi connectivity index (χ3n) is 2.97. The zero-order chi connectivity index (χ0) is 23.7. The Morgan fingerprint density at radius 2 is 1.29 bits per heavy atom. The fourth-order valence-corrected chi connectivity index (χ4v) is 1.73. The van der Waals surface area contributed by atoms with Crippen molar-refractivity contribution in [3.8, 4) is 0 Å². The Morgan fingerprint density at radius 3 is 1.52 bits per heavy atom. The van der Waals surface area contributed by atoms with Crippen molar-refractivity contribution >= 4 is 23.5 Å². The summed E-state index contributed by atoms with van der Waals surface area (Å²) in [5.74, 6) is -2.29. The Morgan fingerprint density at radius 1 is 0.871 bits per heavy atom. The van der Waals surface area contributed by atoms with Gasteiger partial charge in [-0.15, -0.1) is 0 Å². The highest BCUT2D eigenvalue weighted by atomic mass is 16.4. The van der Waals surface area contributed by atoms with Gasteiger partial charge in [0.25, 0.3) is 11.1 Å². The first-order valence-corrected chi connectivity index (χ1v) is 7.78. The van der Waals surface area contributed by atoms with E-state index < -0.39 is 45.8 Å². The number of carboxylic acids is 2. The number of nitrogens with two attached hydrogens (primary N) is 2. The molecule has 0 unspecified atom stereocenters. The van der Waals surface area contributed by atoms with Gasteiger partial charge in [0.15, 0.2) is 5.82 Å². The number of aromatic nitrogens is 6. The summed E-state index contributed by atoms with van der Waals surface area (Å²) in [6.07, 6.45) is 1.47. The van der Waals surface area contributed by atoms with E-state index in [9.17, 15) is 28.8 Å². The number of hydrogen-bond acceptors (Lipinski definition) is 9. The molecule has 0 bridgehead atoms. The zero-order valence-electron chi connectivity index (χ0n) is 15.4. The van der Waals surface area contributed by atoms with E-state index in [1.54, 1.807) is 0 Å². The van der Waals surface area contributed by atoms with Gasteiger partial charge in [-0.1, -0.05) is 6.58 Å². The molecule has 0 saturated heterocycles. The summed E-state index contributed by atoms with van der Waals surface area (Å²) in [5.41, 5.74) is 7.74. The van der Waals surface area contributed by atoms with E-state index >= 15 is 0 Å². The lowest BCUT2D eigenvalue weighted by Crippen LogP contribution is -2.24. The summed E-state index contributed by atoms with van der Waals surface area (Å²) >= 11 is 0. The molecule has 3 aromatic rings. The van der Waals surface area contributed by atoms with E-state index in [0.717, 1.165) is 12.1 Å². The van der Waals surface area contributed by atoms with Gasteiger partial charge in [0.1, 0.15) is 17.1 Å². The predicted octanol–water partition coefficient (Wildman–Crippen LogP) is -2.56. The molecule has 0 amide bonds. The van der Waals surface area contributed by atoms with Crippen molar-refractivity contribution in [3.63, 3.8) is 0 Å². The first-order valence-electron chi connectivity index (χ1n) is 7.78. The minimum absolute atomic E-state index is 0.391. The molecule has 0 fully saturated rings. The Balaban J connectivity index is 0.000000234. The minimum atomic E-state index is -1.34. The smallest absolute Gasteiger partial charge is 0.352 e. The molecule has 0 saturated carbocycles. The first kappa shape index (κ1) is 23.9. The van der Waals surface area contributed by atoms with E-state index in [4.69, 9.17) is 21.7 Å². The van der Waals surface area contributed by atoms with Gasteiger partial charge in [0.05, 0.1) is 12.0 Å². The van der Waals surface area contributed by atoms with Gasteiger partial charge < -0.3 is 36.6 Å². The van der Waals surface area contributed by atoms with Crippen LogP contribution >= 0.6 is 0 Å². The molecule has 31 heavy (non-hydrogen) atoms. The van der Waals surface area contributed by atoms with Gasteiger partial charge in [0, 0.05) is 12.1 Å². The molecule has 0 spiro atoms. The molecule has 0 aliphatic carbocycles. The lowest BCUT2D eigenvalue weighted by molar-refractivity contribution is 0.0679. The zero-order valence-corrected chi connectivity index (χ0v) is 15.4. The fraction of sp³-hybridized carbons (Fsp3) is 0. The van der Waals surface area contributed by atoms with Crippen LogP contribution in [0.25, 0.3) is 5.70 Å². The van der Waals surface area contributed by atoms with E-state index in [2.05, 4.69) is 16.5 Å². The maximum absolute atomic E-state index is 10.5. The van der Waals surface area contributed by atoms with Crippen LogP contribution in [0.1, 0.15) is 26.7 Å². The van der Waals surface area contributed by atoms with Crippen LogP contribution in [0.2, 0.25) is 0 Å². The molecule has 0 aliphatic heterocycles. The molecule has 3 heterocycles. The Bertz CT molecular complexity index is 1190. The van der Waals surface area contributed by atoms with Crippen molar-refractivity contribution in [2.24, 2.45) is 5.73 Å². The lowest BCUT2D eigenvalue weighted by atomic mass is 10.4. The van der Waals surface area contributed by atoms with Crippen LogP contribution < -0.4 is 34.0 Å². The van der Waals surface area contributed by atoms with Crippen LogP contribution in [0, 0.1) is 0 Å². The molecule has 0 aliphatic rings. The van der Waals surface area contributed by atoms with E-state index in [0.29, 0.717) is 17.2 Å². The monoisotopic (exact) mass is 436 g/mol. The number of rotatable bonds is 3. The molecule has 11 N–H and O–H groups in total. The second-order valence-electron chi connectivity index (χ2n) is 5.30. The predicted molar refractivity (Wildman–Crippen MR) is 106 cm³/mol. The molecule has 0 radical (unpaired) electrons. The SMILES string of the molecule is C=C(N)c1[nH]cnc1N.O=C(O)c1cc(=O)[nH]c(=O)[nH]1.O=C(O)c1cc(=O)[nH]c(=O)[nH]1. The number of hydrogen-bond donors (Lipinski definition) is 9. The van der Waals surface area contributed by atoms with Crippen molar-refractivity contribution in [2.45, 2.75) is 0 Å². The van der Waals surface area contributed by atoms with Crippen LogP contribution in [0.3, 0.4) is 0 Å². The Labute approximate surface area is 169 Å². The highest BCUT2D eigenvalue weighted by Gasteiger charge is 2.04. The third-order valence-corrected chi connectivity index (χ3v) is 2.97. The quantitative estimate of drug-likeness (QED) is 0.206. The highest BCUT2D eigenvalue weighted by Crippen LogP contribution is 2.08. The maximum atomic E-state index is 10.5. The lowest BCUT2D eigenvalue weighted by Gasteiger charge is -1.92. The number of nitrogens with one attached hydrogen (secondary N) is 5. The molecule has 16 heteroatoms. The van der Waals surface area contributed by atoms with E-state index in [1.165, 1.54) is 6.33 Å². The standard InChI is InChI=1S/C5H8N4.2C5H4N2O4/c1-3(6)4-5(7)9-2-8-4;2*8-3-1-2(4(9)10)6-5(11)7-3/h2H,1,6-7H2,(H,8,9);2*1H,(H,9,10)(H2,6,7,8,11). The van der Waals surface area contributed by atoms with Crippen LogP contribution in [0.4, 0.5) is 5.82 Å². The molecule has 3 rings (SSSR count). The van der Waals surface area contributed by atoms with Crippen LogP contribution in [-0.4, -0.2) is 52.1 Å². The maximum Gasteiger partial charge on any atom is 0.352 e. The largest absolute Gasteiger partial charge is 0.477 e. The van der Waals surface area contributed by atoms with Crippen molar-refractivity contribution < 1.29 is 19.8 Å². The second kappa shape index (κ2) is 10.4. The fourth-order valence-electron chi connectivity index (χ4n) is 1.73. The highest BCUT2D eigenvalue weighted by molar-refractivity contribution is 5.85. The summed E-state index contributed by atoms with van der Waals surface area (Å²) in [6.45, 7) is 3.48. The number of anilines is 1. The topological polar surface area (TPSA) is 287 Å². The Hall–Kier alpha value is -5.15. The number of carboxylic acid groups (broad SMARTS) is 2. The van der Waals surface area contributed by atoms with E-state index in [1.807, 2.05) is 19.9 Å². The summed E-state index contributed by atoms with van der Waals surface area (Å²) in [7, 11) is 0. The van der Waals surface area contributed by atoms with E-state index in [-0.39, 0.29) is 0 Å². The molecular formula is C15H16N8O8.